The molecule has 0 unspecified atom stereocenters. The van der Waals surface area contributed by atoms with Gasteiger partial charge in [0.15, 0.2) is 5.69 Å². The summed E-state index contributed by atoms with van der Waals surface area (Å²) >= 11 is 0. The Labute approximate surface area is 167 Å². The van der Waals surface area contributed by atoms with Crippen LogP contribution in [0, 0.1) is 32.1 Å². The monoisotopic (exact) mass is 385 g/mol. The van der Waals surface area contributed by atoms with Crippen molar-refractivity contribution in [3.63, 3.8) is 0 Å². The maximum Gasteiger partial charge on any atom is 0.292 e. The van der Waals surface area contributed by atoms with Crippen LogP contribution in [0.1, 0.15) is 38.3 Å². The Bertz CT molecular complexity index is 1200. The van der Waals surface area contributed by atoms with Crippen LogP contribution in [0.3, 0.4) is 0 Å². The van der Waals surface area contributed by atoms with Crippen molar-refractivity contribution in [2.45, 2.75) is 20.8 Å². The number of aryl methyl sites for hydroxylation is 2. The molecule has 144 valence electrons. The number of aromatic nitrogens is 2. The number of carbonyl (C=O) groups is 1. The van der Waals surface area contributed by atoms with Crippen molar-refractivity contribution in [2.24, 2.45) is 5.10 Å². The standard InChI is InChI=1S/C22H19N5O2/c1-14-9-10-18(11-15(14)2)27-22(29)19(12-23)16(3)20(26-27)21(28)25-24-13-17-7-5-4-6-8-17/h4-11,13H,1-3H3,(H,25,28)/b24-13+. The highest BCUT2D eigenvalue weighted by Gasteiger charge is 2.20. The molecule has 0 aliphatic heterocycles. The second-order valence-electron chi connectivity index (χ2n) is 6.56. The lowest BCUT2D eigenvalue weighted by Gasteiger charge is -2.11. The molecule has 1 amide bonds. The first-order valence-electron chi connectivity index (χ1n) is 8.92. The van der Waals surface area contributed by atoms with E-state index in [1.807, 2.05) is 56.3 Å². The highest BCUT2D eigenvalue weighted by Crippen LogP contribution is 2.14. The van der Waals surface area contributed by atoms with Crippen LogP contribution in [0.15, 0.2) is 58.4 Å². The van der Waals surface area contributed by atoms with E-state index >= 15 is 0 Å². The minimum Gasteiger partial charge on any atom is -0.266 e. The largest absolute Gasteiger partial charge is 0.292 e. The number of nitrogens with one attached hydrogen (secondary N) is 1. The van der Waals surface area contributed by atoms with Gasteiger partial charge in [-0.05, 0) is 49.6 Å². The van der Waals surface area contributed by atoms with Crippen LogP contribution >= 0.6 is 0 Å². The van der Waals surface area contributed by atoms with Crippen molar-refractivity contribution in [1.29, 1.82) is 5.26 Å². The fourth-order valence-electron chi connectivity index (χ4n) is 2.74. The first-order chi connectivity index (χ1) is 13.9. The third kappa shape index (κ3) is 4.12. The van der Waals surface area contributed by atoms with E-state index in [-0.39, 0.29) is 16.8 Å². The predicted octanol–water partition coefficient (Wildman–Crippen LogP) is 2.79. The van der Waals surface area contributed by atoms with Crippen molar-refractivity contribution in [3.05, 3.63) is 92.4 Å². The smallest absolute Gasteiger partial charge is 0.266 e. The molecule has 29 heavy (non-hydrogen) atoms. The molecule has 1 aromatic heterocycles. The normalized spacial score (nSPS) is 10.7. The zero-order valence-corrected chi connectivity index (χ0v) is 16.3. The highest BCUT2D eigenvalue weighted by molar-refractivity contribution is 5.94. The van der Waals surface area contributed by atoms with E-state index in [1.54, 1.807) is 12.1 Å². The van der Waals surface area contributed by atoms with Crippen LogP contribution in [-0.2, 0) is 0 Å². The Morgan fingerprint density at radius 2 is 1.86 bits per heavy atom. The van der Waals surface area contributed by atoms with Crippen molar-refractivity contribution in [1.82, 2.24) is 15.2 Å². The van der Waals surface area contributed by atoms with Crippen molar-refractivity contribution < 1.29 is 4.79 Å². The van der Waals surface area contributed by atoms with Crippen molar-refractivity contribution in [2.75, 3.05) is 0 Å². The molecule has 7 nitrogen and oxygen atoms in total. The fourth-order valence-corrected chi connectivity index (χ4v) is 2.74. The molecule has 0 bridgehead atoms. The molecule has 0 aliphatic carbocycles. The summed E-state index contributed by atoms with van der Waals surface area (Å²) in [6.45, 7) is 5.39. The molecule has 0 atom stereocenters. The lowest BCUT2D eigenvalue weighted by Crippen LogP contribution is -2.31. The maximum atomic E-state index is 12.7. The molecule has 0 fully saturated rings. The van der Waals surface area contributed by atoms with Gasteiger partial charge in [0.25, 0.3) is 11.5 Å². The van der Waals surface area contributed by atoms with Gasteiger partial charge in [0.05, 0.1) is 11.9 Å². The zero-order chi connectivity index (χ0) is 21.0. The number of amides is 1. The number of nitriles is 1. The Morgan fingerprint density at radius 3 is 2.52 bits per heavy atom. The van der Waals surface area contributed by atoms with Crippen LogP contribution in [-0.4, -0.2) is 21.9 Å². The lowest BCUT2D eigenvalue weighted by molar-refractivity contribution is 0.0947. The predicted molar refractivity (Wildman–Crippen MR) is 110 cm³/mol. The van der Waals surface area contributed by atoms with E-state index in [4.69, 9.17) is 0 Å². The first-order valence-corrected chi connectivity index (χ1v) is 8.92. The number of carbonyl (C=O) groups excluding carboxylic acids is 1. The van der Waals surface area contributed by atoms with Gasteiger partial charge in [-0.25, -0.2) is 5.43 Å². The minimum atomic E-state index is -0.608. The van der Waals surface area contributed by atoms with Crippen LogP contribution in [0.5, 0.6) is 0 Å². The molecular weight excluding hydrogens is 366 g/mol. The molecule has 1 N–H and O–H groups in total. The maximum absolute atomic E-state index is 12.7. The van der Waals surface area contributed by atoms with Crippen molar-refractivity contribution >= 4 is 12.1 Å². The SMILES string of the molecule is Cc1ccc(-n2nc(C(=O)N/N=C/c3ccccc3)c(C)c(C#N)c2=O)cc1C. The molecule has 3 aromatic rings. The summed E-state index contributed by atoms with van der Waals surface area (Å²) in [6, 6.07) is 16.5. The molecular formula is C22H19N5O2. The van der Waals surface area contributed by atoms with Gasteiger partial charge < -0.3 is 0 Å². The van der Waals surface area contributed by atoms with Gasteiger partial charge in [-0.1, -0.05) is 36.4 Å². The Kier molecular flexibility index (Phi) is 5.65. The van der Waals surface area contributed by atoms with E-state index in [0.29, 0.717) is 5.69 Å². The molecule has 1 heterocycles. The Balaban J connectivity index is 2.01. The average Bonchev–Trinajstić information content (AvgIpc) is 2.71. The molecule has 7 heteroatoms. The number of nitrogens with zero attached hydrogens (tertiary/aromatic N) is 4. The fraction of sp³-hybridized carbons (Fsp3) is 0.136. The third-order valence-electron chi connectivity index (χ3n) is 4.58. The van der Waals surface area contributed by atoms with Gasteiger partial charge in [-0.15, -0.1) is 0 Å². The molecule has 2 aromatic carbocycles. The topological polar surface area (TPSA) is 100 Å². The number of benzene rings is 2. The summed E-state index contributed by atoms with van der Waals surface area (Å²) in [6.07, 6.45) is 1.50. The third-order valence-corrected chi connectivity index (χ3v) is 4.58. The van der Waals surface area contributed by atoms with Gasteiger partial charge in [0.1, 0.15) is 11.6 Å². The first kappa shape index (κ1) is 19.7. The molecule has 0 radical (unpaired) electrons. The summed E-state index contributed by atoms with van der Waals surface area (Å²) in [4.78, 5) is 25.3. The van der Waals surface area contributed by atoms with Gasteiger partial charge in [0.2, 0.25) is 0 Å². The van der Waals surface area contributed by atoms with Crippen LogP contribution in [0.4, 0.5) is 0 Å². The summed E-state index contributed by atoms with van der Waals surface area (Å²) in [7, 11) is 0. The number of hydrogen-bond donors (Lipinski definition) is 1. The molecule has 3 rings (SSSR count). The van der Waals surface area contributed by atoms with Gasteiger partial charge in [-0.3, -0.25) is 9.59 Å². The van der Waals surface area contributed by atoms with E-state index in [2.05, 4.69) is 15.6 Å². The Morgan fingerprint density at radius 1 is 1.14 bits per heavy atom. The number of rotatable bonds is 4. The quantitative estimate of drug-likeness (QED) is 0.551. The number of hydrogen-bond acceptors (Lipinski definition) is 5. The van der Waals surface area contributed by atoms with Gasteiger partial charge >= 0.3 is 0 Å². The van der Waals surface area contributed by atoms with Crippen molar-refractivity contribution in [3.8, 4) is 11.8 Å². The molecule has 0 saturated heterocycles. The van der Waals surface area contributed by atoms with Crippen LogP contribution < -0.4 is 11.0 Å². The second-order valence-corrected chi connectivity index (χ2v) is 6.56. The van der Waals surface area contributed by atoms with Gasteiger partial charge in [-0.2, -0.15) is 20.1 Å². The van der Waals surface area contributed by atoms with Gasteiger partial charge in [0, 0.05) is 5.56 Å². The summed E-state index contributed by atoms with van der Waals surface area (Å²) in [5, 5.41) is 17.6. The molecule has 0 spiro atoms. The summed E-state index contributed by atoms with van der Waals surface area (Å²) in [5.41, 5.74) is 5.20. The average molecular weight is 385 g/mol. The summed E-state index contributed by atoms with van der Waals surface area (Å²) < 4.78 is 1.08. The lowest BCUT2D eigenvalue weighted by atomic mass is 10.1. The Hall–Kier alpha value is -4.05. The summed E-state index contributed by atoms with van der Waals surface area (Å²) in [5.74, 6) is -0.608. The van der Waals surface area contributed by atoms with E-state index in [0.717, 1.165) is 21.4 Å². The number of hydrazone groups is 1. The molecule has 0 saturated carbocycles. The highest BCUT2D eigenvalue weighted by atomic mass is 16.2. The second kappa shape index (κ2) is 8.31. The van der Waals surface area contributed by atoms with E-state index in [1.165, 1.54) is 13.1 Å². The van der Waals surface area contributed by atoms with Crippen LogP contribution in [0.2, 0.25) is 0 Å². The minimum absolute atomic E-state index is 0.0374. The van der Waals surface area contributed by atoms with E-state index in [9.17, 15) is 14.9 Å². The van der Waals surface area contributed by atoms with Crippen LogP contribution in [0.25, 0.3) is 5.69 Å². The van der Waals surface area contributed by atoms with E-state index < -0.39 is 11.5 Å². The zero-order valence-electron chi connectivity index (χ0n) is 16.3. The molecule has 0 aliphatic rings.